The van der Waals surface area contributed by atoms with Crippen LogP contribution in [0.4, 0.5) is 0 Å². The maximum Gasteiger partial charge on any atom is 0.306 e. The molecule has 0 radical (unpaired) electrons. The van der Waals surface area contributed by atoms with E-state index < -0.39 is 5.97 Å². The third-order valence-electron chi connectivity index (χ3n) is 2.99. The molecule has 0 bridgehead atoms. The summed E-state index contributed by atoms with van der Waals surface area (Å²) >= 11 is 0. The van der Waals surface area contributed by atoms with Crippen LogP contribution < -0.4 is 11.1 Å². The topological polar surface area (TPSA) is 92.4 Å². The summed E-state index contributed by atoms with van der Waals surface area (Å²) in [7, 11) is 0. The summed E-state index contributed by atoms with van der Waals surface area (Å²) in [5.74, 6) is -1.29. The smallest absolute Gasteiger partial charge is 0.306 e. The van der Waals surface area contributed by atoms with Crippen molar-refractivity contribution in [3.63, 3.8) is 0 Å². The molecule has 0 aromatic rings. The minimum absolute atomic E-state index is 0.216. The molecule has 0 heterocycles. The Morgan fingerprint density at radius 3 is 2.27 bits per heavy atom. The van der Waals surface area contributed by atoms with Crippen LogP contribution in [0.25, 0.3) is 0 Å². The minimum atomic E-state index is -0.712. The number of amides is 1. The van der Waals surface area contributed by atoms with E-state index in [0.29, 0.717) is 12.8 Å². The van der Waals surface area contributed by atoms with Crippen LogP contribution in [0, 0.1) is 5.92 Å². The summed E-state index contributed by atoms with van der Waals surface area (Å²) in [4.78, 5) is 21.5. The lowest BCUT2D eigenvalue weighted by Crippen LogP contribution is -2.46. The van der Waals surface area contributed by atoms with Gasteiger partial charge in [0.25, 0.3) is 0 Å². The van der Waals surface area contributed by atoms with E-state index in [9.17, 15) is 9.59 Å². The third-order valence-corrected chi connectivity index (χ3v) is 2.99. The van der Waals surface area contributed by atoms with Crippen LogP contribution in [-0.2, 0) is 9.59 Å². The van der Waals surface area contributed by atoms with Crippen LogP contribution in [0.1, 0.15) is 32.6 Å². The molecule has 0 spiro atoms. The van der Waals surface area contributed by atoms with Crippen molar-refractivity contribution >= 4 is 11.9 Å². The van der Waals surface area contributed by atoms with Gasteiger partial charge in [0.2, 0.25) is 5.91 Å². The minimum Gasteiger partial charge on any atom is -0.481 e. The largest absolute Gasteiger partial charge is 0.481 e. The first-order chi connectivity index (χ1) is 7.00. The van der Waals surface area contributed by atoms with E-state index in [1.165, 1.54) is 0 Å². The van der Waals surface area contributed by atoms with Crippen LogP contribution >= 0.6 is 0 Å². The number of hydrogen-bond donors (Lipinski definition) is 3. The van der Waals surface area contributed by atoms with Gasteiger partial charge in [0.15, 0.2) is 0 Å². The molecule has 1 saturated carbocycles. The van der Waals surface area contributed by atoms with E-state index in [1.807, 2.05) is 0 Å². The summed E-state index contributed by atoms with van der Waals surface area (Å²) in [5.41, 5.74) is 5.13. The SMILES string of the molecule is CC(NC1CCC(C(=O)O)CC1)C(N)=O. The van der Waals surface area contributed by atoms with E-state index in [4.69, 9.17) is 10.8 Å². The van der Waals surface area contributed by atoms with Crippen LogP contribution in [0.5, 0.6) is 0 Å². The van der Waals surface area contributed by atoms with Gasteiger partial charge in [-0.3, -0.25) is 9.59 Å². The van der Waals surface area contributed by atoms with Gasteiger partial charge in [-0.1, -0.05) is 0 Å². The lowest BCUT2D eigenvalue weighted by atomic mass is 9.86. The Morgan fingerprint density at radius 2 is 1.87 bits per heavy atom. The average molecular weight is 214 g/mol. The first kappa shape index (κ1) is 12.0. The summed E-state index contributed by atoms with van der Waals surface area (Å²) in [6.07, 6.45) is 2.96. The number of carboxylic acid groups (broad SMARTS) is 1. The quantitative estimate of drug-likeness (QED) is 0.618. The molecule has 0 aliphatic heterocycles. The van der Waals surface area contributed by atoms with Gasteiger partial charge in [0.05, 0.1) is 12.0 Å². The van der Waals surface area contributed by atoms with Gasteiger partial charge in [-0.2, -0.15) is 0 Å². The second kappa shape index (κ2) is 5.11. The first-order valence-corrected chi connectivity index (χ1v) is 5.29. The van der Waals surface area contributed by atoms with Crippen molar-refractivity contribution in [3.8, 4) is 0 Å². The lowest BCUT2D eigenvalue weighted by Gasteiger charge is -2.28. The fourth-order valence-corrected chi connectivity index (χ4v) is 1.94. The highest BCUT2D eigenvalue weighted by atomic mass is 16.4. The number of hydrogen-bond acceptors (Lipinski definition) is 3. The van der Waals surface area contributed by atoms with Crippen LogP contribution in [-0.4, -0.2) is 29.1 Å². The highest BCUT2D eigenvalue weighted by Crippen LogP contribution is 2.24. The van der Waals surface area contributed by atoms with Gasteiger partial charge < -0.3 is 16.2 Å². The molecule has 15 heavy (non-hydrogen) atoms. The molecule has 86 valence electrons. The monoisotopic (exact) mass is 214 g/mol. The number of carbonyl (C=O) groups is 2. The van der Waals surface area contributed by atoms with Crippen molar-refractivity contribution in [2.24, 2.45) is 11.7 Å². The van der Waals surface area contributed by atoms with Crippen molar-refractivity contribution in [1.82, 2.24) is 5.32 Å². The maximum absolute atomic E-state index is 10.8. The van der Waals surface area contributed by atoms with Gasteiger partial charge in [-0.05, 0) is 32.6 Å². The Labute approximate surface area is 89.0 Å². The molecule has 0 saturated heterocycles. The number of nitrogens with two attached hydrogens (primary N) is 1. The van der Waals surface area contributed by atoms with E-state index in [2.05, 4.69) is 5.32 Å². The second-order valence-corrected chi connectivity index (χ2v) is 4.18. The van der Waals surface area contributed by atoms with E-state index >= 15 is 0 Å². The van der Waals surface area contributed by atoms with Crippen LogP contribution in [0.3, 0.4) is 0 Å². The molecule has 1 atom stereocenters. The van der Waals surface area contributed by atoms with Gasteiger partial charge >= 0.3 is 5.97 Å². The zero-order valence-corrected chi connectivity index (χ0v) is 8.90. The normalized spacial score (nSPS) is 28.3. The second-order valence-electron chi connectivity index (χ2n) is 4.18. The Hall–Kier alpha value is -1.10. The fourth-order valence-electron chi connectivity index (χ4n) is 1.94. The fraction of sp³-hybridized carbons (Fsp3) is 0.800. The highest BCUT2D eigenvalue weighted by Gasteiger charge is 2.26. The summed E-state index contributed by atoms with van der Waals surface area (Å²) < 4.78 is 0. The van der Waals surface area contributed by atoms with Crippen molar-refractivity contribution in [3.05, 3.63) is 0 Å². The van der Waals surface area contributed by atoms with Crippen LogP contribution in [0.15, 0.2) is 0 Å². The van der Waals surface area contributed by atoms with Crippen LogP contribution in [0.2, 0.25) is 0 Å². The van der Waals surface area contributed by atoms with Gasteiger partial charge in [-0.25, -0.2) is 0 Å². The number of primary amides is 1. The van der Waals surface area contributed by atoms with Crippen molar-refractivity contribution < 1.29 is 14.7 Å². The molecule has 1 rings (SSSR count). The molecule has 1 fully saturated rings. The molecular weight excluding hydrogens is 196 g/mol. The van der Waals surface area contributed by atoms with Gasteiger partial charge in [-0.15, -0.1) is 0 Å². The van der Waals surface area contributed by atoms with E-state index in [-0.39, 0.29) is 23.9 Å². The predicted octanol–water partition coefficient (Wildman–Crippen LogP) is 0.0932. The standard InChI is InChI=1S/C10H18N2O3/c1-6(9(11)13)12-8-4-2-7(3-5-8)10(14)15/h6-8,12H,2-5H2,1H3,(H2,11,13)(H,14,15). The molecule has 4 N–H and O–H groups in total. The molecule has 1 aliphatic carbocycles. The molecule has 1 aliphatic rings. The average Bonchev–Trinajstić information content (AvgIpc) is 2.18. The predicted molar refractivity (Wildman–Crippen MR) is 55.2 cm³/mol. The molecule has 1 amide bonds. The third kappa shape index (κ3) is 3.51. The molecule has 5 heteroatoms. The Kier molecular flexibility index (Phi) is 4.08. The number of rotatable bonds is 4. The number of carbonyl (C=O) groups excluding carboxylic acids is 1. The molecule has 0 aromatic carbocycles. The molecule has 0 aromatic heterocycles. The van der Waals surface area contributed by atoms with Crippen molar-refractivity contribution in [1.29, 1.82) is 0 Å². The van der Waals surface area contributed by atoms with Crippen molar-refractivity contribution in [2.45, 2.75) is 44.7 Å². The molecule has 5 nitrogen and oxygen atoms in total. The maximum atomic E-state index is 10.8. The molecular formula is C10H18N2O3. The number of carboxylic acids is 1. The summed E-state index contributed by atoms with van der Waals surface area (Å²) in [6, 6.07) is -0.112. The Morgan fingerprint density at radius 1 is 1.33 bits per heavy atom. The zero-order chi connectivity index (χ0) is 11.4. The highest BCUT2D eigenvalue weighted by molar-refractivity contribution is 5.79. The zero-order valence-electron chi connectivity index (χ0n) is 8.90. The first-order valence-electron chi connectivity index (χ1n) is 5.29. The Bertz CT molecular complexity index is 247. The Balaban J connectivity index is 2.31. The lowest BCUT2D eigenvalue weighted by molar-refractivity contribution is -0.143. The molecule has 1 unspecified atom stereocenters. The summed E-state index contributed by atoms with van der Waals surface area (Å²) in [5, 5.41) is 11.9. The number of nitrogens with one attached hydrogen (secondary N) is 1. The van der Waals surface area contributed by atoms with E-state index in [0.717, 1.165) is 12.8 Å². The number of aliphatic carboxylic acids is 1. The van der Waals surface area contributed by atoms with E-state index in [1.54, 1.807) is 6.92 Å². The van der Waals surface area contributed by atoms with Gasteiger partial charge in [0, 0.05) is 6.04 Å². The van der Waals surface area contributed by atoms with Crippen molar-refractivity contribution in [2.75, 3.05) is 0 Å². The van der Waals surface area contributed by atoms with Gasteiger partial charge in [0.1, 0.15) is 0 Å². The summed E-state index contributed by atoms with van der Waals surface area (Å²) in [6.45, 7) is 1.73.